The number of benzene rings is 2. The molecule has 1 saturated heterocycles. The van der Waals surface area contributed by atoms with Gasteiger partial charge in [0.1, 0.15) is 0 Å². The molecular formula is C22H20N4O2. The summed E-state index contributed by atoms with van der Waals surface area (Å²) in [6.45, 7) is 3.37. The van der Waals surface area contributed by atoms with E-state index in [2.05, 4.69) is 47.4 Å². The van der Waals surface area contributed by atoms with Gasteiger partial charge in [0.25, 0.3) is 5.89 Å². The molecule has 4 rings (SSSR count). The molecule has 2 heterocycles. The minimum Gasteiger partial charge on any atom is -0.342 e. The first-order chi connectivity index (χ1) is 13.6. The molecule has 1 aromatic heterocycles. The van der Waals surface area contributed by atoms with Crippen LogP contribution >= 0.6 is 0 Å². The third-order valence-corrected chi connectivity index (χ3v) is 5.07. The van der Waals surface area contributed by atoms with Crippen LogP contribution in [0.5, 0.6) is 0 Å². The summed E-state index contributed by atoms with van der Waals surface area (Å²) in [7, 11) is 0. The maximum absolute atomic E-state index is 12.4. The first-order valence-corrected chi connectivity index (χ1v) is 9.30. The van der Waals surface area contributed by atoms with Crippen LogP contribution in [0, 0.1) is 18.3 Å². The second-order valence-corrected chi connectivity index (χ2v) is 7.12. The van der Waals surface area contributed by atoms with Gasteiger partial charge in [-0.05, 0) is 43.2 Å². The van der Waals surface area contributed by atoms with Crippen molar-refractivity contribution in [1.29, 1.82) is 5.26 Å². The van der Waals surface area contributed by atoms with E-state index >= 15 is 0 Å². The largest absolute Gasteiger partial charge is 0.342 e. The minimum atomic E-state index is -0.0543. The molecule has 6 heteroatoms. The Balaban J connectivity index is 1.40. The summed E-state index contributed by atoms with van der Waals surface area (Å²) in [5.74, 6) is 1.04. The normalized spacial score (nSPS) is 16.4. The molecule has 6 nitrogen and oxygen atoms in total. The smallest absolute Gasteiger partial charge is 0.257 e. The van der Waals surface area contributed by atoms with Gasteiger partial charge in [-0.1, -0.05) is 35.0 Å². The number of nitrogens with zero attached hydrogens (tertiary/aromatic N) is 4. The van der Waals surface area contributed by atoms with Crippen LogP contribution in [-0.4, -0.2) is 34.0 Å². The summed E-state index contributed by atoms with van der Waals surface area (Å²) in [4.78, 5) is 18.7. The van der Waals surface area contributed by atoms with E-state index in [9.17, 15) is 4.79 Å². The van der Waals surface area contributed by atoms with Crippen LogP contribution in [0.3, 0.4) is 0 Å². The highest BCUT2D eigenvalue weighted by Crippen LogP contribution is 2.28. The lowest BCUT2D eigenvalue weighted by Gasteiger charge is -2.16. The lowest BCUT2D eigenvalue weighted by atomic mass is 10.1. The number of rotatable bonds is 5. The summed E-state index contributed by atoms with van der Waals surface area (Å²) < 4.78 is 5.37. The SMILES string of the molecule is Cc1ccc(CCN2CC(c3noc(-c4ccc(C#N)cc4)n3)CC2=O)cc1. The fraction of sp³-hybridized carbons (Fsp3) is 0.273. The molecule has 3 aromatic rings. The van der Waals surface area contributed by atoms with Crippen molar-refractivity contribution in [2.45, 2.75) is 25.7 Å². The van der Waals surface area contributed by atoms with Crippen LogP contribution in [0.4, 0.5) is 0 Å². The van der Waals surface area contributed by atoms with Crippen LogP contribution in [0.15, 0.2) is 53.1 Å². The Labute approximate surface area is 163 Å². The highest BCUT2D eigenvalue weighted by molar-refractivity contribution is 5.79. The minimum absolute atomic E-state index is 0.0543. The molecule has 140 valence electrons. The zero-order valence-electron chi connectivity index (χ0n) is 15.6. The number of carbonyl (C=O) groups excluding carboxylic acids is 1. The Bertz CT molecular complexity index is 1020. The zero-order chi connectivity index (χ0) is 19.5. The lowest BCUT2D eigenvalue weighted by molar-refractivity contribution is -0.127. The van der Waals surface area contributed by atoms with E-state index in [1.807, 2.05) is 4.90 Å². The van der Waals surface area contributed by atoms with Crippen molar-refractivity contribution in [1.82, 2.24) is 15.0 Å². The molecule has 0 bridgehead atoms. The Hall–Kier alpha value is -3.46. The van der Waals surface area contributed by atoms with Gasteiger partial charge in [-0.25, -0.2) is 0 Å². The second-order valence-electron chi connectivity index (χ2n) is 7.12. The van der Waals surface area contributed by atoms with Crippen LogP contribution in [0.1, 0.15) is 34.9 Å². The van der Waals surface area contributed by atoms with Gasteiger partial charge in [0, 0.05) is 31.0 Å². The zero-order valence-corrected chi connectivity index (χ0v) is 15.6. The molecule has 1 aliphatic rings. The molecule has 2 aromatic carbocycles. The van der Waals surface area contributed by atoms with Gasteiger partial charge in [-0.2, -0.15) is 10.2 Å². The van der Waals surface area contributed by atoms with Crippen LogP contribution < -0.4 is 0 Å². The topological polar surface area (TPSA) is 83.0 Å². The quantitative estimate of drug-likeness (QED) is 0.685. The van der Waals surface area contributed by atoms with Gasteiger partial charge >= 0.3 is 0 Å². The number of hydrogen-bond acceptors (Lipinski definition) is 5. The van der Waals surface area contributed by atoms with E-state index in [-0.39, 0.29) is 11.8 Å². The van der Waals surface area contributed by atoms with Gasteiger partial charge in [0.2, 0.25) is 5.91 Å². The van der Waals surface area contributed by atoms with Gasteiger partial charge in [0.05, 0.1) is 11.6 Å². The van der Waals surface area contributed by atoms with Crippen molar-refractivity contribution in [3.63, 3.8) is 0 Å². The predicted molar refractivity (Wildman–Crippen MR) is 103 cm³/mol. The fourth-order valence-corrected chi connectivity index (χ4v) is 3.39. The third kappa shape index (κ3) is 3.79. The molecule has 28 heavy (non-hydrogen) atoms. The maximum Gasteiger partial charge on any atom is 0.257 e. The Kier molecular flexibility index (Phi) is 4.90. The first-order valence-electron chi connectivity index (χ1n) is 9.30. The summed E-state index contributed by atoms with van der Waals surface area (Å²) >= 11 is 0. The molecule has 1 aliphatic heterocycles. The molecule has 0 spiro atoms. The van der Waals surface area contributed by atoms with Crippen LogP contribution in [0.25, 0.3) is 11.5 Å². The molecule has 1 atom stereocenters. The molecule has 0 saturated carbocycles. The standard InChI is InChI=1S/C22H20N4O2/c1-15-2-4-16(5-3-15)10-11-26-14-19(12-20(26)27)21-24-22(28-25-21)18-8-6-17(13-23)7-9-18/h2-9,19H,10-12,14H2,1H3. The highest BCUT2D eigenvalue weighted by Gasteiger charge is 2.33. The van der Waals surface area contributed by atoms with Crippen molar-refractivity contribution in [3.05, 3.63) is 71.0 Å². The Morgan fingerprint density at radius 1 is 1.18 bits per heavy atom. The van der Waals surface area contributed by atoms with Crippen LogP contribution in [-0.2, 0) is 11.2 Å². The Morgan fingerprint density at radius 3 is 2.64 bits per heavy atom. The molecule has 0 aliphatic carbocycles. The molecule has 0 radical (unpaired) electrons. The van der Waals surface area contributed by atoms with Crippen molar-refractivity contribution in [2.24, 2.45) is 0 Å². The monoisotopic (exact) mass is 372 g/mol. The summed E-state index contributed by atoms with van der Waals surface area (Å²) in [5, 5.41) is 13.0. The Morgan fingerprint density at radius 2 is 1.93 bits per heavy atom. The number of likely N-dealkylation sites (tertiary alicyclic amines) is 1. The van der Waals surface area contributed by atoms with E-state index < -0.39 is 0 Å². The number of aromatic nitrogens is 2. The van der Waals surface area contributed by atoms with Gasteiger partial charge in [0.15, 0.2) is 5.82 Å². The van der Waals surface area contributed by atoms with Gasteiger partial charge < -0.3 is 9.42 Å². The predicted octanol–water partition coefficient (Wildman–Crippen LogP) is 3.48. The average molecular weight is 372 g/mol. The molecular weight excluding hydrogens is 352 g/mol. The van der Waals surface area contributed by atoms with E-state index in [0.717, 1.165) is 12.0 Å². The molecule has 1 amide bonds. The number of aryl methyl sites for hydroxylation is 1. The van der Waals surface area contributed by atoms with E-state index in [4.69, 9.17) is 9.78 Å². The maximum atomic E-state index is 12.4. The summed E-state index contributed by atoms with van der Waals surface area (Å²) in [6, 6.07) is 17.5. The first kappa shape index (κ1) is 17.9. The lowest BCUT2D eigenvalue weighted by Crippen LogP contribution is -2.27. The number of amides is 1. The van der Waals surface area contributed by atoms with Crippen molar-refractivity contribution >= 4 is 5.91 Å². The number of nitriles is 1. The molecule has 0 N–H and O–H groups in total. The van der Waals surface area contributed by atoms with Crippen molar-refractivity contribution in [2.75, 3.05) is 13.1 Å². The van der Waals surface area contributed by atoms with Gasteiger partial charge in [-0.15, -0.1) is 0 Å². The molecule has 1 fully saturated rings. The average Bonchev–Trinajstić information content (AvgIpc) is 3.35. The number of hydrogen-bond donors (Lipinski definition) is 0. The van der Waals surface area contributed by atoms with E-state index in [1.54, 1.807) is 24.3 Å². The highest BCUT2D eigenvalue weighted by atomic mass is 16.5. The van der Waals surface area contributed by atoms with Crippen LogP contribution in [0.2, 0.25) is 0 Å². The summed E-state index contributed by atoms with van der Waals surface area (Å²) in [5.41, 5.74) is 3.80. The van der Waals surface area contributed by atoms with E-state index in [1.165, 1.54) is 11.1 Å². The van der Waals surface area contributed by atoms with Crippen molar-refractivity contribution < 1.29 is 9.32 Å². The fourth-order valence-electron chi connectivity index (χ4n) is 3.39. The van der Waals surface area contributed by atoms with Gasteiger partial charge in [-0.3, -0.25) is 4.79 Å². The molecule has 1 unspecified atom stereocenters. The second kappa shape index (κ2) is 7.65. The number of carbonyl (C=O) groups is 1. The van der Waals surface area contributed by atoms with E-state index in [0.29, 0.717) is 36.8 Å². The van der Waals surface area contributed by atoms with Crippen molar-refractivity contribution in [3.8, 4) is 17.5 Å². The summed E-state index contributed by atoms with van der Waals surface area (Å²) in [6.07, 6.45) is 1.24. The third-order valence-electron chi connectivity index (χ3n) is 5.07.